The number of aromatic nitrogens is 1. The van der Waals surface area contributed by atoms with Gasteiger partial charge >= 0.3 is 6.18 Å². The fraction of sp³-hybridized carbons (Fsp3) is 0.500. The fourth-order valence-electron chi connectivity index (χ4n) is 2.14. The van der Waals surface area contributed by atoms with Crippen molar-refractivity contribution in [2.24, 2.45) is 0 Å². The van der Waals surface area contributed by atoms with Crippen molar-refractivity contribution in [2.45, 2.75) is 6.18 Å². The quantitative estimate of drug-likeness (QED) is 0.786. The average molecular weight is 305 g/mol. The Morgan fingerprint density at radius 1 is 1.25 bits per heavy atom. The van der Waals surface area contributed by atoms with Crippen LogP contribution in [0, 0.1) is 11.3 Å². The number of halogens is 4. The van der Waals surface area contributed by atoms with E-state index in [4.69, 9.17) is 16.9 Å². The summed E-state index contributed by atoms with van der Waals surface area (Å²) in [4.78, 5) is 7.10. The zero-order valence-electron chi connectivity index (χ0n) is 10.5. The Bertz CT molecular complexity index is 518. The van der Waals surface area contributed by atoms with Crippen LogP contribution in [0.4, 0.5) is 18.9 Å². The van der Waals surface area contributed by atoms with Crippen LogP contribution >= 0.6 is 11.6 Å². The zero-order valence-corrected chi connectivity index (χ0v) is 11.2. The van der Waals surface area contributed by atoms with Gasteiger partial charge in [0.25, 0.3) is 0 Å². The van der Waals surface area contributed by atoms with E-state index in [2.05, 4.69) is 4.98 Å². The second kappa shape index (κ2) is 5.85. The Morgan fingerprint density at radius 2 is 1.90 bits per heavy atom. The van der Waals surface area contributed by atoms with E-state index >= 15 is 0 Å². The molecule has 0 atom stereocenters. The third-order valence-electron chi connectivity index (χ3n) is 3.03. The molecule has 20 heavy (non-hydrogen) atoms. The molecule has 0 spiro atoms. The van der Waals surface area contributed by atoms with E-state index in [1.807, 2.05) is 11.0 Å². The molecule has 0 saturated carbocycles. The van der Waals surface area contributed by atoms with Crippen molar-refractivity contribution >= 4 is 17.3 Å². The molecule has 4 nitrogen and oxygen atoms in total. The highest BCUT2D eigenvalue weighted by molar-refractivity contribution is 6.29. The van der Waals surface area contributed by atoms with Gasteiger partial charge in [0.15, 0.2) is 0 Å². The molecule has 1 aliphatic rings. The summed E-state index contributed by atoms with van der Waals surface area (Å²) in [5.74, 6) is 0. The van der Waals surface area contributed by atoms with Crippen molar-refractivity contribution in [1.82, 2.24) is 9.88 Å². The van der Waals surface area contributed by atoms with Crippen LogP contribution in [0.2, 0.25) is 5.15 Å². The van der Waals surface area contributed by atoms with E-state index in [1.54, 1.807) is 12.1 Å². The molecule has 2 heterocycles. The maximum atomic E-state index is 12.3. The first-order chi connectivity index (χ1) is 9.37. The summed E-state index contributed by atoms with van der Waals surface area (Å²) >= 11 is 5.82. The third-order valence-corrected chi connectivity index (χ3v) is 3.23. The van der Waals surface area contributed by atoms with Gasteiger partial charge in [0.1, 0.15) is 16.9 Å². The fourth-order valence-corrected chi connectivity index (χ4v) is 2.34. The SMILES string of the molecule is N#Cc1cc(N2CCN(CC(F)(F)F)CC2)cc(Cl)n1. The number of piperazine rings is 1. The van der Waals surface area contributed by atoms with Crippen LogP contribution < -0.4 is 4.90 Å². The standard InChI is InChI=1S/C12H12ClF3N4/c13-11-6-10(5-9(7-17)18-11)20-3-1-19(2-4-20)8-12(14,15)16/h5-6H,1-4,8H2. The Labute approximate surface area is 119 Å². The molecule has 108 valence electrons. The predicted octanol–water partition coefficient (Wildman–Crippen LogP) is 2.29. The maximum Gasteiger partial charge on any atom is 0.401 e. The van der Waals surface area contributed by atoms with E-state index in [1.165, 1.54) is 4.90 Å². The molecule has 1 aliphatic heterocycles. The number of hydrogen-bond acceptors (Lipinski definition) is 4. The number of alkyl halides is 3. The van der Waals surface area contributed by atoms with Crippen molar-refractivity contribution in [3.8, 4) is 6.07 Å². The number of nitrogens with zero attached hydrogens (tertiary/aromatic N) is 4. The molecule has 1 fully saturated rings. The second-order valence-corrected chi connectivity index (χ2v) is 4.91. The number of pyridine rings is 1. The summed E-state index contributed by atoms with van der Waals surface area (Å²) in [7, 11) is 0. The topological polar surface area (TPSA) is 43.2 Å². The largest absolute Gasteiger partial charge is 0.401 e. The van der Waals surface area contributed by atoms with Crippen LogP contribution in [0.1, 0.15) is 5.69 Å². The van der Waals surface area contributed by atoms with Crippen molar-refractivity contribution in [2.75, 3.05) is 37.6 Å². The second-order valence-electron chi connectivity index (χ2n) is 4.52. The maximum absolute atomic E-state index is 12.3. The predicted molar refractivity (Wildman–Crippen MR) is 68.7 cm³/mol. The molecular weight excluding hydrogens is 293 g/mol. The molecule has 1 aromatic heterocycles. The van der Waals surface area contributed by atoms with Gasteiger partial charge < -0.3 is 4.90 Å². The summed E-state index contributed by atoms with van der Waals surface area (Å²) < 4.78 is 36.9. The number of hydrogen-bond donors (Lipinski definition) is 0. The number of rotatable bonds is 2. The number of anilines is 1. The van der Waals surface area contributed by atoms with Gasteiger partial charge in [0.05, 0.1) is 6.54 Å². The lowest BCUT2D eigenvalue weighted by atomic mass is 10.2. The van der Waals surface area contributed by atoms with Crippen LogP contribution in [0.3, 0.4) is 0 Å². The molecule has 0 aromatic carbocycles. The highest BCUT2D eigenvalue weighted by atomic mass is 35.5. The van der Waals surface area contributed by atoms with Gasteiger partial charge in [0, 0.05) is 31.9 Å². The summed E-state index contributed by atoms with van der Waals surface area (Å²) in [6.45, 7) is 0.673. The molecule has 0 bridgehead atoms. The van der Waals surface area contributed by atoms with Crippen LogP contribution in [0.15, 0.2) is 12.1 Å². The van der Waals surface area contributed by atoms with E-state index in [-0.39, 0.29) is 10.8 Å². The minimum atomic E-state index is -4.17. The molecule has 0 amide bonds. The normalized spacial score (nSPS) is 17.1. The minimum Gasteiger partial charge on any atom is -0.369 e. The van der Waals surface area contributed by atoms with Crippen LogP contribution in [-0.2, 0) is 0 Å². The number of nitriles is 1. The van der Waals surface area contributed by atoms with Crippen LogP contribution in [0.5, 0.6) is 0 Å². The lowest BCUT2D eigenvalue weighted by Crippen LogP contribution is -2.49. The zero-order chi connectivity index (χ0) is 14.8. The molecule has 0 aliphatic carbocycles. The molecule has 0 N–H and O–H groups in total. The van der Waals surface area contributed by atoms with Crippen LogP contribution in [-0.4, -0.2) is 48.8 Å². The van der Waals surface area contributed by atoms with Crippen molar-refractivity contribution in [1.29, 1.82) is 5.26 Å². The van der Waals surface area contributed by atoms with Gasteiger partial charge in [-0.05, 0) is 12.1 Å². The lowest BCUT2D eigenvalue weighted by Gasteiger charge is -2.36. The van der Waals surface area contributed by atoms with Gasteiger partial charge in [-0.25, -0.2) is 4.98 Å². The molecule has 1 saturated heterocycles. The molecule has 0 unspecified atom stereocenters. The highest BCUT2D eigenvalue weighted by Gasteiger charge is 2.32. The first kappa shape index (κ1) is 14.9. The summed E-state index contributed by atoms with van der Waals surface area (Å²) in [5.41, 5.74) is 0.915. The monoisotopic (exact) mass is 304 g/mol. The molecular formula is C12H12ClF3N4. The summed E-state index contributed by atoms with van der Waals surface area (Å²) in [6.07, 6.45) is -4.17. The summed E-state index contributed by atoms with van der Waals surface area (Å²) in [6, 6.07) is 5.11. The van der Waals surface area contributed by atoms with E-state index in [0.717, 1.165) is 0 Å². The van der Waals surface area contributed by atoms with E-state index < -0.39 is 12.7 Å². The third kappa shape index (κ3) is 3.99. The molecule has 1 aromatic rings. The Morgan fingerprint density at radius 3 is 2.45 bits per heavy atom. The minimum absolute atomic E-state index is 0.199. The van der Waals surface area contributed by atoms with Gasteiger partial charge in [0.2, 0.25) is 0 Å². The van der Waals surface area contributed by atoms with E-state index in [9.17, 15) is 13.2 Å². The first-order valence-corrected chi connectivity index (χ1v) is 6.37. The van der Waals surface area contributed by atoms with Crippen molar-refractivity contribution in [3.05, 3.63) is 23.0 Å². The van der Waals surface area contributed by atoms with Gasteiger partial charge in [-0.2, -0.15) is 18.4 Å². The van der Waals surface area contributed by atoms with Crippen molar-refractivity contribution < 1.29 is 13.2 Å². The highest BCUT2D eigenvalue weighted by Crippen LogP contribution is 2.22. The van der Waals surface area contributed by atoms with Gasteiger partial charge in [-0.15, -0.1) is 0 Å². The van der Waals surface area contributed by atoms with Crippen molar-refractivity contribution in [3.63, 3.8) is 0 Å². The van der Waals surface area contributed by atoms with Crippen LogP contribution in [0.25, 0.3) is 0 Å². The van der Waals surface area contributed by atoms with Gasteiger partial charge in [-0.1, -0.05) is 11.6 Å². The Balaban J connectivity index is 2.01. The molecule has 8 heteroatoms. The average Bonchev–Trinajstić information content (AvgIpc) is 2.37. The lowest BCUT2D eigenvalue weighted by molar-refractivity contribution is -0.146. The Hall–Kier alpha value is -1.52. The summed E-state index contributed by atoms with van der Waals surface area (Å²) in [5, 5.41) is 9.04. The molecule has 2 rings (SSSR count). The Kier molecular flexibility index (Phi) is 4.35. The smallest absolute Gasteiger partial charge is 0.369 e. The van der Waals surface area contributed by atoms with E-state index in [0.29, 0.717) is 31.9 Å². The first-order valence-electron chi connectivity index (χ1n) is 5.99. The van der Waals surface area contributed by atoms with Gasteiger partial charge in [-0.3, -0.25) is 4.90 Å². The molecule has 0 radical (unpaired) electrons.